The van der Waals surface area contributed by atoms with Gasteiger partial charge in [0.15, 0.2) is 0 Å². The lowest BCUT2D eigenvalue weighted by Gasteiger charge is -2.29. The third kappa shape index (κ3) is 1.42. The maximum atomic E-state index is 2.42. The minimum absolute atomic E-state index is 0.795. The quantitative estimate of drug-likeness (QED) is 0.451. The highest BCUT2D eigenvalue weighted by Crippen LogP contribution is 2.32. The predicted molar refractivity (Wildman–Crippen MR) is 45.9 cm³/mol. The predicted octanol–water partition coefficient (Wildman–Crippen LogP) is 3.24. The molecule has 0 aromatic carbocycles. The third-order valence-corrected chi connectivity index (χ3v) is 2.92. The summed E-state index contributed by atoms with van der Waals surface area (Å²) in [6, 6.07) is 0. The molecule has 1 aliphatic carbocycles. The average Bonchev–Trinajstić information content (AvgIpc) is 1.82. The highest BCUT2D eigenvalue weighted by atomic mass is 14.3. The molecule has 3 atom stereocenters. The topological polar surface area (TPSA) is 0 Å². The van der Waals surface area contributed by atoms with Crippen LogP contribution in [0.25, 0.3) is 0 Å². The van der Waals surface area contributed by atoms with Gasteiger partial charge >= 0.3 is 0 Å². The Morgan fingerprint density at radius 1 is 1.30 bits per heavy atom. The molecule has 0 aromatic rings. The van der Waals surface area contributed by atoms with Gasteiger partial charge in [-0.2, -0.15) is 0 Å². The molecule has 0 saturated heterocycles. The van der Waals surface area contributed by atoms with Crippen LogP contribution in [0.4, 0.5) is 0 Å². The molecule has 0 spiro atoms. The monoisotopic (exact) mass is 138 g/mol. The molecule has 0 aliphatic heterocycles. The number of rotatable bonds is 0. The third-order valence-electron chi connectivity index (χ3n) is 2.92. The highest BCUT2D eigenvalue weighted by molar-refractivity contribution is 5.07. The Morgan fingerprint density at radius 3 is 2.40 bits per heavy atom. The second-order valence-electron chi connectivity index (χ2n) is 3.91. The van der Waals surface area contributed by atoms with Crippen molar-refractivity contribution in [1.29, 1.82) is 0 Å². The van der Waals surface area contributed by atoms with Crippen LogP contribution in [0, 0.1) is 17.8 Å². The van der Waals surface area contributed by atoms with E-state index in [9.17, 15) is 0 Å². The molecular weight excluding hydrogens is 120 g/mol. The van der Waals surface area contributed by atoms with Crippen LogP contribution < -0.4 is 0 Å². The molecule has 0 radical (unpaired) electrons. The smallest absolute Gasteiger partial charge is 0.0231 e. The van der Waals surface area contributed by atoms with Gasteiger partial charge in [0.2, 0.25) is 0 Å². The number of hydrogen-bond donors (Lipinski definition) is 0. The molecule has 0 saturated carbocycles. The van der Waals surface area contributed by atoms with Crippen molar-refractivity contribution in [2.24, 2.45) is 17.8 Å². The average molecular weight is 138 g/mol. The number of hydrogen-bond acceptors (Lipinski definition) is 0. The van der Waals surface area contributed by atoms with Crippen molar-refractivity contribution in [2.75, 3.05) is 0 Å². The molecule has 0 bridgehead atoms. The lowest BCUT2D eigenvalue weighted by atomic mass is 9.76. The SMILES string of the molecule is CC1=CC(C)C(C)C(C)C1. The van der Waals surface area contributed by atoms with Gasteiger partial charge in [-0.25, -0.2) is 0 Å². The summed E-state index contributed by atoms with van der Waals surface area (Å²) in [7, 11) is 0. The largest absolute Gasteiger partial charge is 0.0825 e. The Morgan fingerprint density at radius 2 is 1.90 bits per heavy atom. The van der Waals surface area contributed by atoms with Crippen LogP contribution in [-0.2, 0) is 0 Å². The fraction of sp³-hybridized carbons (Fsp3) is 0.800. The van der Waals surface area contributed by atoms with E-state index < -0.39 is 0 Å². The van der Waals surface area contributed by atoms with E-state index in [0.717, 1.165) is 17.8 Å². The number of allylic oxidation sites excluding steroid dienone is 2. The molecule has 0 aromatic heterocycles. The Labute approximate surface area is 64.3 Å². The Kier molecular flexibility index (Phi) is 2.18. The minimum Gasteiger partial charge on any atom is -0.0825 e. The molecule has 3 unspecified atom stereocenters. The van der Waals surface area contributed by atoms with E-state index in [2.05, 4.69) is 33.8 Å². The van der Waals surface area contributed by atoms with E-state index in [-0.39, 0.29) is 0 Å². The maximum Gasteiger partial charge on any atom is -0.0231 e. The summed E-state index contributed by atoms with van der Waals surface area (Å²) in [4.78, 5) is 0. The lowest BCUT2D eigenvalue weighted by Crippen LogP contribution is -2.19. The molecule has 0 fully saturated rings. The van der Waals surface area contributed by atoms with Crippen LogP contribution in [0.2, 0.25) is 0 Å². The highest BCUT2D eigenvalue weighted by Gasteiger charge is 2.21. The first kappa shape index (κ1) is 7.84. The molecule has 0 N–H and O–H groups in total. The van der Waals surface area contributed by atoms with Gasteiger partial charge in [-0.1, -0.05) is 32.4 Å². The van der Waals surface area contributed by atoms with Crippen LogP contribution in [-0.4, -0.2) is 0 Å². The summed E-state index contributed by atoms with van der Waals surface area (Å²) in [5, 5.41) is 0. The molecule has 1 aliphatic rings. The summed E-state index contributed by atoms with van der Waals surface area (Å²) >= 11 is 0. The van der Waals surface area contributed by atoms with Gasteiger partial charge in [0, 0.05) is 0 Å². The van der Waals surface area contributed by atoms with E-state index in [1.165, 1.54) is 6.42 Å². The van der Waals surface area contributed by atoms with E-state index in [1.807, 2.05) is 0 Å². The van der Waals surface area contributed by atoms with Gasteiger partial charge in [-0.05, 0) is 31.1 Å². The van der Waals surface area contributed by atoms with Crippen molar-refractivity contribution in [1.82, 2.24) is 0 Å². The summed E-state index contributed by atoms with van der Waals surface area (Å²) in [5.74, 6) is 2.56. The van der Waals surface area contributed by atoms with Crippen LogP contribution in [0.15, 0.2) is 11.6 Å². The minimum atomic E-state index is 0.795. The summed E-state index contributed by atoms with van der Waals surface area (Å²) in [5.41, 5.74) is 1.58. The molecular formula is C10H18. The Bertz CT molecular complexity index is 144. The second kappa shape index (κ2) is 2.77. The zero-order valence-electron chi connectivity index (χ0n) is 7.52. The van der Waals surface area contributed by atoms with Crippen molar-refractivity contribution in [2.45, 2.75) is 34.1 Å². The summed E-state index contributed by atoms with van der Waals surface area (Å²) in [6.07, 6.45) is 3.73. The summed E-state index contributed by atoms with van der Waals surface area (Å²) in [6.45, 7) is 9.29. The zero-order chi connectivity index (χ0) is 7.72. The molecule has 58 valence electrons. The van der Waals surface area contributed by atoms with Gasteiger partial charge < -0.3 is 0 Å². The first-order valence-electron chi connectivity index (χ1n) is 4.28. The zero-order valence-corrected chi connectivity index (χ0v) is 7.52. The molecule has 0 heterocycles. The fourth-order valence-corrected chi connectivity index (χ4v) is 1.88. The first-order valence-corrected chi connectivity index (χ1v) is 4.28. The normalized spacial score (nSPS) is 41.2. The second-order valence-corrected chi connectivity index (χ2v) is 3.91. The first-order chi connectivity index (χ1) is 4.61. The van der Waals surface area contributed by atoms with Gasteiger partial charge in [-0.15, -0.1) is 0 Å². The van der Waals surface area contributed by atoms with Crippen LogP contribution >= 0.6 is 0 Å². The van der Waals surface area contributed by atoms with Gasteiger partial charge in [0.25, 0.3) is 0 Å². The maximum absolute atomic E-state index is 2.42. The molecule has 0 heteroatoms. The molecule has 0 amide bonds. The summed E-state index contributed by atoms with van der Waals surface area (Å²) < 4.78 is 0. The van der Waals surface area contributed by atoms with Crippen LogP contribution in [0.1, 0.15) is 34.1 Å². The van der Waals surface area contributed by atoms with Gasteiger partial charge in [0.05, 0.1) is 0 Å². The van der Waals surface area contributed by atoms with E-state index >= 15 is 0 Å². The van der Waals surface area contributed by atoms with E-state index in [0.29, 0.717) is 0 Å². The molecule has 0 nitrogen and oxygen atoms in total. The lowest BCUT2D eigenvalue weighted by molar-refractivity contribution is 0.297. The standard InChI is InChI=1S/C10H18/c1-7-5-8(2)10(4)9(3)6-7/h5,8-10H,6H2,1-4H3. The van der Waals surface area contributed by atoms with Crippen molar-refractivity contribution < 1.29 is 0 Å². The molecule has 1 rings (SSSR count). The van der Waals surface area contributed by atoms with Crippen molar-refractivity contribution >= 4 is 0 Å². The van der Waals surface area contributed by atoms with Crippen LogP contribution in [0.5, 0.6) is 0 Å². The van der Waals surface area contributed by atoms with Crippen molar-refractivity contribution in [3.05, 3.63) is 11.6 Å². The van der Waals surface area contributed by atoms with Gasteiger partial charge in [0.1, 0.15) is 0 Å². The van der Waals surface area contributed by atoms with E-state index in [4.69, 9.17) is 0 Å². The van der Waals surface area contributed by atoms with Crippen LogP contribution in [0.3, 0.4) is 0 Å². The van der Waals surface area contributed by atoms with Crippen molar-refractivity contribution in [3.8, 4) is 0 Å². The Balaban J connectivity index is 2.69. The van der Waals surface area contributed by atoms with E-state index in [1.54, 1.807) is 5.57 Å². The van der Waals surface area contributed by atoms with Gasteiger partial charge in [-0.3, -0.25) is 0 Å². The molecule has 10 heavy (non-hydrogen) atoms. The van der Waals surface area contributed by atoms with Crippen molar-refractivity contribution in [3.63, 3.8) is 0 Å². The fourth-order valence-electron chi connectivity index (χ4n) is 1.88. The Hall–Kier alpha value is -0.260.